The molecule has 1 amide bonds. The van der Waals surface area contributed by atoms with Crippen LogP contribution in [0, 0.1) is 6.92 Å². The van der Waals surface area contributed by atoms with E-state index in [2.05, 4.69) is 16.9 Å². The van der Waals surface area contributed by atoms with E-state index in [0.29, 0.717) is 29.7 Å². The number of carboxylic acid groups (broad SMARTS) is 1. The third-order valence-electron chi connectivity index (χ3n) is 3.63. The van der Waals surface area contributed by atoms with Gasteiger partial charge in [-0.15, -0.1) is 6.58 Å². The molecular formula is C17H24N2O4. The van der Waals surface area contributed by atoms with Crippen LogP contribution in [0.5, 0.6) is 0 Å². The lowest BCUT2D eigenvalue weighted by Crippen LogP contribution is -2.41. The Balaban J connectivity index is 3.11. The molecule has 0 saturated carbocycles. The molecule has 1 aromatic heterocycles. The van der Waals surface area contributed by atoms with Crippen LogP contribution in [0.1, 0.15) is 65.2 Å². The molecule has 0 saturated heterocycles. The molecule has 0 spiro atoms. The Labute approximate surface area is 136 Å². The molecule has 126 valence electrons. The normalized spacial score (nSPS) is 11.8. The number of Topliss-reactive ketones (excluding diaryl/α,β-unsaturated/α-hetero) is 1. The highest BCUT2D eigenvalue weighted by Crippen LogP contribution is 2.21. The van der Waals surface area contributed by atoms with Gasteiger partial charge in [0.05, 0.1) is 0 Å². The van der Waals surface area contributed by atoms with E-state index in [4.69, 9.17) is 0 Å². The van der Waals surface area contributed by atoms with Gasteiger partial charge in [-0.1, -0.05) is 19.4 Å². The highest BCUT2D eigenvalue weighted by Gasteiger charge is 2.25. The number of aromatic nitrogens is 1. The summed E-state index contributed by atoms with van der Waals surface area (Å²) in [7, 11) is 0. The Morgan fingerprint density at radius 1 is 1.39 bits per heavy atom. The third-order valence-corrected chi connectivity index (χ3v) is 3.63. The fraction of sp³-hybridized carbons (Fsp3) is 0.471. The number of carbonyl (C=O) groups excluding carboxylic acids is 2. The molecule has 0 aliphatic heterocycles. The summed E-state index contributed by atoms with van der Waals surface area (Å²) in [6.45, 7) is 8.70. The number of carboxylic acids is 1. The Morgan fingerprint density at radius 2 is 2.04 bits per heavy atom. The van der Waals surface area contributed by atoms with Crippen molar-refractivity contribution in [3.63, 3.8) is 0 Å². The summed E-state index contributed by atoms with van der Waals surface area (Å²) in [6, 6.07) is -0.987. The molecule has 0 radical (unpaired) electrons. The summed E-state index contributed by atoms with van der Waals surface area (Å²) in [6.07, 6.45) is 3.72. The van der Waals surface area contributed by atoms with Crippen molar-refractivity contribution in [2.24, 2.45) is 0 Å². The number of hydrogen-bond acceptors (Lipinski definition) is 3. The van der Waals surface area contributed by atoms with Crippen LogP contribution in [0.3, 0.4) is 0 Å². The summed E-state index contributed by atoms with van der Waals surface area (Å²) in [5, 5.41) is 11.7. The van der Waals surface area contributed by atoms with Gasteiger partial charge in [0, 0.05) is 11.3 Å². The van der Waals surface area contributed by atoms with Crippen molar-refractivity contribution in [3.05, 3.63) is 35.2 Å². The van der Waals surface area contributed by atoms with Gasteiger partial charge in [0.25, 0.3) is 5.91 Å². The minimum absolute atomic E-state index is 0.109. The molecule has 3 N–H and O–H groups in total. The van der Waals surface area contributed by atoms with Crippen LogP contribution in [-0.2, 0) is 11.2 Å². The second kappa shape index (κ2) is 8.31. The molecule has 0 fully saturated rings. The van der Waals surface area contributed by atoms with Gasteiger partial charge >= 0.3 is 5.97 Å². The predicted molar refractivity (Wildman–Crippen MR) is 87.9 cm³/mol. The van der Waals surface area contributed by atoms with Crippen LogP contribution in [0.15, 0.2) is 12.7 Å². The van der Waals surface area contributed by atoms with E-state index in [1.807, 2.05) is 6.92 Å². The first-order valence-corrected chi connectivity index (χ1v) is 7.70. The number of aryl methyl sites for hydroxylation is 1. The molecule has 0 aliphatic carbocycles. The van der Waals surface area contributed by atoms with Gasteiger partial charge < -0.3 is 15.4 Å². The van der Waals surface area contributed by atoms with Gasteiger partial charge in [0.2, 0.25) is 0 Å². The van der Waals surface area contributed by atoms with Crippen LogP contribution in [-0.4, -0.2) is 33.8 Å². The number of carbonyl (C=O) groups is 3. The maximum atomic E-state index is 12.5. The quantitative estimate of drug-likeness (QED) is 0.481. The highest BCUT2D eigenvalue weighted by molar-refractivity contribution is 6.03. The van der Waals surface area contributed by atoms with Crippen LogP contribution in [0.2, 0.25) is 0 Å². The number of H-pyrrole nitrogens is 1. The summed E-state index contributed by atoms with van der Waals surface area (Å²) < 4.78 is 0. The second-order valence-electron chi connectivity index (χ2n) is 5.52. The standard InChI is InChI=1S/C17H24N2O4/c1-5-7-9-13(17(22)23)19-16(21)15-12(8-6-2)14(11(4)20)10(3)18-15/h5,13,18H,1,6-9H2,2-4H3,(H,19,21)(H,22,23). The minimum atomic E-state index is -1.09. The molecule has 1 unspecified atom stereocenters. The summed E-state index contributed by atoms with van der Waals surface area (Å²) in [5.74, 6) is -1.70. The van der Waals surface area contributed by atoms with Crippen molar-refractivity contribution in [2.45, 2.75) is 52.5 Å². The number of amides is 1. The first kappa shape index (κ1) is 18.7. The predicted octanol–water partition coefficient (Wildman–Crippen LogP) is 2.63. The molecule has 1 aromatic rings. The molecule has 0 aromatic carbocycles. The number of allylic oxidation sites excluding steroid dienone is 1. The molecule has 0 bridgehead atoms. The SMILES string of the molecule is C=CCCC(NC(=O)c1[nH]c(C)c(C(C)=O)c1CCC)C(=O)O. The van der Waals surface area contributed by atoms with Crippen LogP contribution in [0.4, 0.5) is 0 Å². The van der Waals surface area contributed by atoms with E-state index in [9.17, 15) is 19.5 Å². The van der Waals surface area contributed by atoms with Gasteiger partial charge in [-0.2, -0.15) is 0 Å². The number of ketones is 1. The fourth-order valence-electron chi connectivity index (χ4n) is 2.62. The lowest BCUT2D eigenvalue weighted by molar-refractivity contribution is -0.139. The number of hydrogen-bond donors (Lipinski definition) is 3. The van der Waals surface area contributed by atoms with Gasteiger partial charge in [-0.05, 0) is 38.7 Å². The molecule has 6 heteroatoms. The maximum absolute atomic E-state index is 12.5. The van der Waals surface area contributed by atoms with Crippen LogP contribution in [0.25, 0.3) is 0 Å². The fourth-order valence-corrected chi connectivity index (χ4v) is 2.62. The highest BCUT2D eigenvalue weighted by atomic mass is 16.4. The molecule has 23 heavy (non-hydrogen) atoms. The lowest BCUT2D eigenvalue weighted by Gasteiger charge is -2.14. The number of rotatable bonds is 9. The van der Waals surface area contributed by atoms with Crippen molar-refractivity contribution < 1.29 is 19.5 Å². The minimum Gasteiger partial charge on any atom is -0.480 e. The third kappa shape index (κ3) is 4.55. The molecule has 1 heterocycles. The van der Waals surface area contributed by atoms with E-state index in [-0.39, 0.29) is 17.9 Å². The Bertz CT molecular complexity index is 616. The molecule has 0 aliphatic rings. The van der Waals surface area contributed by atoms with Gasteiger partial charge in [-0.25, -0.2) is 4.79 Å². The molecular weight excluding hydrogens is 296 g/mol. The van der Waals surface area contributed by atoms with E-state index in [0.717, 1.165) is 6.42 Å². The maximum Gasteiger partial charge on any atom is 0.326 e. The van der Waals surface area contributed by atoms with E-state index >= 15 is 0 Å². The Morgan fingerprint density at radius 3 is 2.52 bits per heavy atom. The summed E-state index contributed by atoms with van der Waals surface area (Å²) in [5.41, 5.74) is 2.08. The van der Waals surface area contributed by atoms with E-state index in [1.54, 1.807) is 13.0 Å². The molecule has 1 rings (SSSR count). The second-order valence-corrected chi connectivity index (χ2v) is 5.52. The van der Waals surface area contributed by atoms with Gasteiger partial charge in [0.1, 0.15) is 11.7 Å². The number of nitrogens with one attached hydrogen (secondary N) is 2. The topological polar surface area (TPSA) is 99.3 Å². The van der Waals surface area contributed by atoms with Crippen molar-refractivity contribution in [1.29, 1.82) is 0 Å². The summed E-state index contributed by atoms with van der Waals surface area (Å²) >= 11 is 0. The number of aliphatic carboxylic acids is 1. The largest absolute Gasteiger partial charge is 0.480 e. The zero-order chi connectivity index (χ0) is 17.6. The van der Waals surface area contributed by atoms with Gasteiger partial charge in [-0.3, -0.25) is 9.59 Å². The van der Waals surface area contributed by atoms with Gasteiger partial charge in [0.15, 0.2) is 5.78 Å². The number of aromatic amines is 1. The zero-order valence-electron chi connectivity index (χ0n) is 13.9. The first-order chi connectivity index (χ1) is 10.8. The zero-order valence-corrected chi connectivity index (χ0v) is 13.9. The smallest absolute Gasteiger partial charge is 0.326 e. The monoisotopic (exact) mass is 320 g/mol. The van der Waals surface area contributed by atoms with E-state index < -0.39 is 17.9 Å². The van der Waals surface area contributed by atoms with Crippen molar-refractivity contribution in [1.82, 2.24) is 10.3 Å². The first-order valence-electron chi connectivity index (χ1n) is 7.70. The Hall–Kier alpha value is -2.37. The average molecular weight is 320 g/mol. The van der Waals surface area contributed by atoms with Crippen LogP contribution >= 0.6 is 0 Å². The van der Waals surface area contributed by atoms with Crippen LogP contribution < -0.4 is 5.32 Å². The van der Waals surface area contributed by atoms with E-state index in [1.165, 1.54) is 6.92 Å². The molecule has 1 atom stereocenters. The van der Waals surface area contributed by atoms with Crippen molar-refractivity contribution in [3.8, 4) is 0 Å². The average Bonchev–Trinajstić information content (AvgIpc) is 2.80. The van der Waals surface area contributed by atoms with Crippen molar-refractivity contribution in [2.75, 3.05) is 0 Å². The van der Waals surface area contributed by atoms with Crippen molar-refractivity contribution >= 4 is 17.7 Å². The summed E-state index contributed by atoms with van der Waals surface area (Å²) in [4.78, 5) is 38.5. The lowest BCUT2D eigenvalue weighted by atomic mass is 10.0. The molecule has 6 nitrogen and oxygen atoms in total. The Kier molecular flexibility index (Phi) is 6.75.